The molecule has 31 heavy (non-hydrogen) atoms. The topological polar surface area (TPSA) is 48.8 Å². The summed E-state index contributed by atoms with van der Waals surface area (Å²) in [5.74, 6) is 1.58. The van der Waals surface area contributed by atoms with E-state index in [1.807, 2.05) is 35.0 Å². The fourth-order valence-corrected chi connectivity index (χ4v) is 4.59. The molecular weight excluding hydrogens is 390 g/mol. The van der Waals surface area contributed by atoms with E-state index in [0.717, 1.165) is 54.6 Å². The van der Waals surface area contributed by atoms with Gasteiger partial charge in [0.05, 0.1) is 11.4 Å². The Hall–Kier alpha value is -2.83. The van der Waals surface area contributed by atoms with Crippen molar-refractivity contribution in [3.8, 4) is 28.4 Å². The predicted octanol–water partition coefficient (Wildman–Crippen LogP) is 4.66. The number of hydrogen-bond acceptors (Lipinski definition) is 5. The lowest BCUT2D eigenvalue weighted by atomic mass is 9.98. The average molecular weight is 420 g/mol. The van der Waals surface area contributed by atoms with Crippen molar-refractivity contribution < 1.29 is 14.2 Å². The molecule has 1 aromatic heterocycles. The van der Waals surface area contributed by atoms with Crippen molar-refractivity contribution in [1.29, 1.82) is 0 Å². The Balaban J connectivity index is 1.50. The summed E-state index contributed by atoms with van der Waals surface area (Å²) in [6, 6.07) is 16.9. The van der Waals surface area contributed by atoms with Gasteiger partial charge in [0, 0.05) is 43.6 Å². The van der Waals surface area contributed by atoms with Crippen molar-refractivity contribution in [2.24, 2.45) is 0 Å². The van der Waals surface area contributed by atoms with E-state index >= 15 is 0 Å². The van der Waals surface area contributed by atoms with Gasteiger partial charge in [-0.3, -0.25) is 4.90 Å². The molecule has 162 valence electrons. The number of benzene rings is 2. The maximum Gasteiger partial charge on any atom is 0.231 e. The first-order chi connectivity index (χ1) is 15.3. The first-order valence-electron chi connectivity index (χ1n) is 11.1. The summed E-state index contributed by atoms with van der Waals surface area (Å²) < 4.78 is 18.5. The molecule has 1 atom stereocenters. The summed E-state index contributed by atoms with van der Waals surface area (Å²) in [4.78, 5) is 2.60. The number of likely N-dealkylation sites (tertiary alicyclic amines) is 1. The van der Waals surface area contributed by atoms with Crippen LogP contribution < -0.4 is 9.47 Å². The van der Waals surface area contributed by atoms with Gasteiger partial charge in [0.2, 0.25) is 6.79 Å². The van der Waals surface area contributed by atoms with Crippen molar-refractivity contribution in [2.45, 2.75) is 38.3 Å². The third kappa shape index (κ3) is 4.31. The Kier molecular flexibility index (Phi) is 5.91. The molecule has 0 saturated carbocycles. The molecule has 0 spiro atoms. The zero-order valence-corrected chi connectivity index (χ0v) is 18.0. The smallest absolute Gasteiger partial charge is 0.231 e. The highest BCUT2D eigenvalue weighted by Crippen LogP contribution is 2.37. The maximum absolute atomic E-state index is 5.62. The van der Waals surface area contributed by atoms with Gasteiger partial charge in [0.25, 0.3) is 0 Å². The van der Waals surface area contributed by atoms with Gasteiger partial charge in [-0.05, 0) is 56.1 Å². The van der Waals surface area contributed by atoms with Gasteiger partial charge < -0.3 is 14.2 Å². The minimum Gasteiger partial charge on any atom is -0.454 e. The Morgan fingerprint density at radius 2 is 1.94 bits per heavy atom. The lowest BCUT2D eigenvalue weighted by molar-refractivity contribution is 0.0975. The molecule has 0 amide bonds. The Morgan fingerprint density at radius 3 is 2.81 bits per heavy atom. The van der Waals surface area contributed by atoms with Gasteiger partial charge in [-0.25, -0.2) is 4.68 Å². The van der Waals surface area contributed by atoms with E-state index in [1.165, 1.54) is 24.8 Å². The molecule has 0 N–H and O–H groups in total. The van der Waals surface area contributed by atoms with E-state index < -0.39 is 0 Å². The Morgan fingerprint density at radius 1 is 1.06 bits per heavy atom. The molecular formula is C25H29N3O3. The van der Waals surface area contributed by atoms with Gasteiger partial charge in [-0.15, -0.1) is 0 Å². The number of piperidine rings is 1. The van der Waals surface area contributed by atoms with Crippen molar-refractivity contribution in [2.75, 3.05) is 27.1 Å². The number of rotatable bonds is 7. The normalized spacial score (nSPS) is 18.4. The summed E-state index contributed by atoms with van der Waals surface area (Å²) in [6.07, 6.45) is 7.02. The molecule has 0 aliphatic carbocycles. The third-order valence-corrected chi connectivity index (χ3v) is 6.23. The van der Waals surface area contributed by atoms with E-state index in [9.17, 15) is 0 Å². The van der Waals surface area contributed by atoms with E-state index in [-0.39, 0.29) is 6.79 Å². The van der Waals surface area contributed by atoms with Crippen LogP contribution in [-0.2, 0) is 11.3 Å². The number of ether oxygens (including phenoxy) is 3. The van der Waals surface area contributed by atoms with Gasteiger partial charge in [-0.1, -0.05) is 24.6 Å². The molecule has 0 bridgehead atoms. The molecule has 3 aromatic rings. The highest BCUT2D eigenvalue weighted by Gasteiger charge is 2.25. The minimum absolute atomic E-state index is 0.277. The summed E-state index contributed by atoms with van der Waals surface area (Å²) in [5, 5.41) is 5.00. The minimum atomic E-state index is 0.277. The number of hydrogen-bond donors (Lipinski definition) is 0. The van der Waals surface area contributed by atoms with Crippen molar-refractivity contribution >= 4 is 0 Å². The number of fused-ring (bicyclic) bond motifs is 1. The summed E-state index contributed by atoms with van der Waals surface area (Å²) in [7, 11) is 1.79. The molecule has 2 aliphatic heterocycles. The van der Waals surface area contributed by atoms with Crippen LogP contribution >= 0.6 is 0 Å². The largest absolute Gasteiger partial charge is 0.454 e. The third-order valence-electron chi connectivity index (χ3n) is 6.23. The summed E-state index contributed by atoms with van der Waals surface area (Å²) >= 11 is 0. The zero-order chi connectivity index (χ0) is 21.0. The maximum atomic E-state index is 5.62. The van der Waals surface area contributed by atoms with Crippen LogP contribution in [0, 0.1) is 0 Å². The number of methoxy groups -OCH3 is 1. The van der Waals surface area contributed by atoms with Gasteiger partial charge in [0.1, 0.15) is 0 Å². The second-order valence-electron chi connectivity index (χ2n) is 8.25. The van der Waals surface area contributed by atoms with Gasteiger partial charge >= 0.3 is 0 Å². The van der Waals surface area contributed by atoms with Gasteiger partial charge in [-0.2, -0.15) is 5.10 Å². The molecule has 3 heterocycles. The van der Waals surface area contributed by atoms with Crippen LogP contribution in [-0.4, -0.2) is 47.8 Å². The highest BCUT2D eigenvalue weighted by molar-refractivity contribution is 5.67. The molecule has 2 aromatic carbocycles. The Bertz CT molecular complexity index is 1020. The monoisotopic (exact) mass is 419 g/mol. The van der Waals surface area contributed by atoms with E-state index in [1.54, 1.807) is 7.11 Å². The van der Waals surface area contributed by atoms with Crippen LogP contribution in [0.1, 0.15) is 31.2 Å². The van der Waals surface area contributed by atoms with E-state index in [0.29, 0.717) is 6.04 Å². The molecule has 0 unspecified atom stereocenters. The zero-order valence-electron chi connectivity index (χ0n) is 18.0. The quantitative estimate of drug-likeness (QED) is 0.558. The number of nitrogens with zero attached hydrogens (tertiary/aromatic N) is 3. The summed E-state index contributed by atoms with van der Waals surface area (Å²) in [6.45, 7) is 3.08. The predicted molar refractivity (Wildman–Crippen MR) is 120 cm³/mol. The second-order valence-corrected chi connectivity index (χ2v) is 8.25. The summed E-state index contributed by atoms with van der Waals surface area (Å²) in [5.41, 5.74) is 4.34. The molecule has 2 aliphatic rings. The second kappa shape index (κ2) is 9.12. The van der Waals surface area contributed by atoms with Crippen LogP contribution in [0.5, 0.6) is 11.5 Å². The average Bonchev–Trinajstić information content (AvgIpc) is 3.45. The molecule has 1 fully saturated rings. The van der Waals surface area contributed by atoms with E-state index in [2.05, 4.69) is 29.3 Å². The van der Waals surface area contributed by atoms with Crippen molar-refractivity contribution in [1.82, 2.24) is 14.7 Å². The molecule has 0 radical (unpaired) electrons. The van der Waals surface area contributed by atoms with Crippen molar-refractivity contribution in [3.63, 3.8) is 0 Å². The fourth-order valence-electron chi connectivity index (χ4n) is 4.59. The standard InChI is InChI=1S/C25H29N3O3/c1-29-14-12-21-7-5-6-13-27(21)16-20-17-28(22-8-3-2-4-9-22)26-25(20)19-10-11-23-24(15-19)31-18-30-23/h2-4,8-11,15,17,21H,5-7,12-14,16,18H2,1H3/t21-/m1/s1. The molecule has 1 saturated heterocycles. The highest BCUT2D eigenvalue weighted by atomic mass is 16.7. The van der Waals surface area contributed by atoms with Gasteiger partial charge in [0.15, 0.2) is 11.5 Å². The van der Waals surface area contributed by atoms with E-state index in [4.69, 9.17) is 19.3 Å². The molecule has 6 nitrogen and oxygen atoms in total. The van der Waals surface area contributed by atoms with Crippen molar-refractivity contribution in [3.05, 3.63) is 60.3 Å². The Labute approximate surface area is 183 Å². The number of para-hydroxylation sites is 1. The first-order valence-corrected chi connectivity index (χ1v) is 11.1. The van der Waals surface area contributed by atoms with Crippen LogP contribution in [0.4, 0.5) is 0 Å². The van der Waals surface area contributed by atoms with Crippen LogP contribution in [0.15, 0.2) is 54.7 Å². The number of aromatic nitrogens is 2. The lowest BCUT2D eigenvalue weighted by Gasteiger charge is -2.35. The van der Waals surface area contributed by atoms with Crippen LogP contribution in [0.2, 0.25) is 0 Å². The molecule has 6 heteroatoms. The molecule has 5 rings (SSSR count). The SMILES string of the molecule is COCC[C@H]1CCCCN1Cc1cn(-c2ccccc2)nc1-c1ccc2c(c1)OCO2. The first kappa shape index (κ1) is 20.1. The lowest BCUT2D eigenvalue weighted by Crippen LogP contribution is -2.39. The van der Waals surface area contributed by atoms with Crippen LogP contribution in [0.25, 0.3) is 16.9 Å². The fraction of sp³-hybridized carbons (Fsp3) is 0.400. The van der Waals surface area contributed by atoms with Crippen LogP contribution in [0.3, 0.4) is 0 Å².